The first-order chi connectivity index (χ1) is 13.1. The van der Waals surface area contributed by atoms with Crippen LogP contribution in [-0.4, -0.2) is 26.6 Å². The molecule has 4 heteroatoms. The lowest BCUT2D eigenvalue weighted by Crippen LogP contribution is -2.19. The fraction of sp³-hybridized carbons (Fsp3) is 0.478. The highest BCUT2D eigenvalue weighted by molar-refractivity contribution is 5.31. The van der Waals surface area contributed by atoms with Crippen LogP contribution in [0.3, 0.4) is 0 Å². The van der Waals surface area contributed by atoms with Gasteiger partial charge in [0.05, 0.1) is 13.7 Å². The molecule has 0 N–H and O–H groups in total. The van der Waals surface area contributed by atoms with E-state index in [4.69, 9.17) is 18.9 Å². The molecular weight excluding hydrogens is 340 g/mol. The van der Waals surface area contributed by atoms with E-state index in [0.29, 0.717) is 19.1 Å². The lowest BCUT2D eigenvalue weighted by molar-refractivity contribution is -0.0739. The Balaban J connectivity index is 0.00000176. The third-order valence-corrected chi connectivity index (χ3v) is 4.13. The molecule has 0 spiro atoms. The molecule has 4 nitrogen and oxygen atoms in total. The SMILES string of the molecule is CC.CCC(C)c1ccc(OC(C)OCCOc2ccc(OC)cc2)cc1. The highest BCUT2D eigenvalue weighted by Gasteiger charge is 2.06. The molecule has 27 heavy (non-hydrogen) atoms. The summed E-state index contributed by atoms with van der Waals surface area (Å²) in [6.07, 6.45) is 0.808. The van der Waals surface area contributed by atoms with E-state index >= 15 is 0 Å². The molecule has 0 fully saturated rings. The van der Waals surface area contributed by atoms with Gasteiger partial charge in [-0.3, -0.25) is 0 Å². The summed E-state index contributed by atoms with van der Waals surface area (Å²) in [5, 5.41) is 0. The van der Waals surface area contributed by atoms with Crippen molar-refractivity contribution in [2.24, 2.45) is 0 Å². The smallest absolute Gasteiger partial charge is 0.197 e. The number of hydrogen-bond acceptors (Lipinski definition) is 4. The molecule has 0 saturated heterocycles. The maximum Gasteiger partial charge on any atom is 0.197 e. The lowest BCUT2D eigenvalue weighted by Gasteiger charge is -2.16. The summed E-state index contributed by atoms with van der Waals surface area (Å²) >= 11 is 0. The van der Waals surface area contributed by atoms with Crippen LogP contribution in [0.5, 0.6) is 17.2 Å². The van der Waals surface area contributed by atoms with Crippen LogP contribution < -0.4 is 14.2 Å². The van der Waals surface area contributed by atoms with Crippen LogP contribution in [0.4, 0.5) is 0 Å². The van der Waals surface area contributed by atoms with Crippen molar-refractivity contribution in [2.45, 2.75) is 53.2 Å². The van der Waals surface area contributed by atoms with Gasteiger partial charge in [0.15, 0.2) is 6.29 Å². The monoisotopic (exact) mass is 374 g/mol. The number of benzene rings is 2. The first-order valence-electron chi connectivity index (χ1n) is 9.77. The van der Waals surface area contributed by atoms with Gasteiger partial charge in [-0.2, -0.15) is 0 Å². The van der Waals surface area contributed by atoms with Gasteiger partial charge in [-0.05, 0) is 61.2 Å². The van der Waals surface area contributed by atoms with E-state index in [1.54, 1.807) is 7.11 Å². The molecule has 0 aliphatic heterocycles. The second kappa shape index (κ2) is 13.0. The van der Waals surface area contributed by atoms with Crippen molar-refractivity contribution in [1.82, 2.24) is 0 Å². The summed E-state index contributed by atoms with van der Waals surface area (Å²) in [5.74, 6) is 2.98. The molecule has 0 bridgehead atoms. The first-order valence-corrected chi connectivity index (χ1v) is 9.77. The average Bonchev–Trinajstić information content (AvgIpc) is 2.73. The second-order valence-corrected chi connectivity index (χ2v) is 5.96. The van der Waals surface area contributed by atoms with Crippen LogP contribution in [0.1, 0.15) is 52.5 Å². The molecule has 2 unspecified atom stereocenters. The minimum Gasteiger partial charge on any atom is -0.497 e. The largest absolute Gasteiger partial charge is 0.497 e. The third kappa shape index (κ3) is 8.35. The van der Waals surface area contributed by atoms with Gasteiger partial charge in [0, 0.05) is 0 Å². The Morgan fingerprint density at radius 2 is 1.33 bits per heavy atom. The molecule has 0 saturated carbocycles. The molecule has 150 valence electrons. The minimum absolute atomic E-state index is 0.325. The van der Waals surface area contributed by atoms with Crippen molar-refractivity contribution < 1.29 is 18.9 Å². The van der Waals surface area contributed by atoms with Crippen molar-refractivity contribution >= 4 is 0 Å². The van der Waals surface area contributed by atoms with Crippen molar-refractivity contribution in [3.05, 3.63) is 54.1 Å². The lowest BCUT2D eigenvalue weighted by atomic mass is 9.99. The maximum atomic E-state index is 5.77. The Labute approximate surface area is 164 Å². The van der Waals surface area contributed by atoms with E-state index in [-0.39, 0.29) is 6.29 Å². The Kier molecular flexibility index (Phi) is 11.0. The topological polar surface area (TPSA) is 36.9 Å². The highest BCUT2D eigenvalue weighted by atomic mass is 16.7. The predicted octanol–water partition coefficient (Wildman–Crippen LogP) is 6.06. The summed E-state index contributed by atoms with van der Waals surface area (Å²) < 4.78 is 22.1. The van der Waals surface area contributed by atoms with E-state index in [0.717, 1.165) is 23.7 Å². The Morgan fingerprint density at radius 1 is 0.778 bits per heavy atom. The third-order valence-electron chi connectivity index (χ3n) is 4.13. The van der Waals surface area contributed by atoms with E-state index < -0.39 is 0 Å². The molecule has 0 aliphatic rings. The number of ether oxygens (including phenoxy) is 4. The molecule has 2 aromatic rings. The summed E-state index contributed by atoms with van der Waals surface area (Å²) in [7, 11) is 1.64. The summed E-state index contributed by atoms with van der Waals surface area (Å²) in [6, 6.07) is 15.7. The van der Waals surface area contributed by atoms with Crippen molar-refractivity contribution in [1.29, 1.82) is 0 Å². The number of methoxy groups -OCH3 is 1. The van der Waals surface area contributed by atoms with E-state index in [2.05, 4.69) is 26.0 Å². The molecule has 2 atom stereocenters. The van der Waals surface area contributed by atoms with Crippen molar-refractivity contribution in [2.75, 3.05) is 20.3 Å². The van der Waals surface area contributed by atoms with E-state index in [1.165, 1.54) is 5.56 Å². The van der Waals surface area contributed by atoms with Crippen LogP contribution >= 0.6 is 0 Å². The average molecular weight is 375 g/mol. The Bertz CT molecular complexity index is 607. The zero-order valence-electron chi connectivity index (χ0n) is 17.5. The van der Waals surface area contributed by atoms with Gasteiger partial charge >= 0.3 is 0 Å². The molecule has 0 amide bonds. The molecule has 0 aliphatic carbocycles. The molecule has 0 aromatic heterocycles. The Hall–Kier alpha value is -2.20. The number of hydrogen-bond donors (Lipinski definition) is 0. The fourth-order valence-electron chi connectivity index (χ4n) is 2.38. The van der Waals surface area contributed by atoms with Crippen LogP contribution in [0.2, 0.25) is 0 Å². The highest BCUT2D eigenvalue weighted by Crippen LogP contribution is 2.22. The zero-order chi connectivity index (χ0) is 20.1. The predicted molar refractivity (Wildman–Crippen MR) is 111 cm³/mol. The first kappa shape index (κ1) is 22.8. The van der Waals surface area contributed by atoms with Crippen molar-refractivity contribution in [3.63, 3.8) is 0 Å². The van der Waals surface area contributed by atoms with Gasteiger partial charge in [0.2, 0.25) is 0 Å². The second-order valence-electron chi connectivity index (χ2n) is 5.96. The fourth-order valence-corrected chi connectivity index (χ4v) is 2.38. The van der Waals surface area contributed by atoms with Crippen LogP contribution in [0, 0.1) is 0 Å². The standard InChI is InChI=1S/C21H28O4.C2H6/c1-5-16(2)18-6-8-21(9-7-18)25-17(3)23-14-15-24-20-12-10-19(22-4)11-13-20;1-2/h6-13,16-17H,5,14-15H2,1-4H3;1-2H3. The van der Waals surface area contributed by atoms with Crippen LogP contribution in [-0.2, 0) is 4.74 Å². The molecule has 2 rings (SSSR count). The van der Waals surface area contributed by atoms with Crippen LogP contribution in [0.25, 0.3) is 0 Å². The minimum atomic E-state index is -0.325. The van der Waals surface area contributed by atoms with Gasteiger partial charge in [-0.25, -0.2) is 0 Å². The number of rotatable bonds is 10. The Morgan fingerprint density at radius 3 is 1.89 bits per heavy atom. The summed E-state index contributed by atoms with van der Waals surface area (Å²) in [4.78, 5) is 0. The molecule has 0 radical (unpaired) electrons. The van der Waals surface area contributed by atoms with Crippen molar-refractivity contribution in [3.8, 4) is 17.2 Å². The van der Waals surface area contributed by atoms with Gasteiger partial charge < -0.3 is 18.9 Å². The normalized spacial score (nSPS) is 12.4. The molecule has 0 heterocycles. The van der Waals surface area contributed by atoms with E-state index in [9.17, 15) is 0 Å². The molecule has 2 aromatic carbocycles. The van der Waals surface area contributed by atoms with Gasteiger partial charge in [0.1, 0.15) is 23.9 Å². The quantitative estimate of drug-likeness (QED) is 0.374. The van der Waals surface area contributed by atoms with Gasteiger partial charge in [0.25, 0.3) is 0 Å². The summed E-state index contributed by atoms with van der Waals surface area (Å²) in [6.45, 7) is 11.2. The van der Waals surface area contributed by atoms with Gasteiger partial charge in [-0.15, -0.1) is 0 Å². The molecular formula is C23H34O4. The summed E-state index contributed by atoms with van der Waals surface area (Å²) in [5.41, 5.74) is 1.33. The zero-order valence-corrected chi connectivity index (χ0v) is 17.5. The maximum absolute atomic E-state index is 5.77. The van der Waals surface area contributed by atoms with E-state index in [1.807, 2.05) is 57.2 Å². The van der Waals surface area contributed by atoms with Crippen LogP contribution in [0.15, 0.2) is 48.5 Å². The van der Waals surface area contributed by atoms with Gasteiger partial charge in [-0.1, -0.05) is 39.8 Å².